The first-order valence-electron chi connectivity index (χ1n) is 9.90. The molecule has 0 saturated carbocycles. The van der Waals surface area contributed by atoms with Gasteiger partial charge in [-0.1, -0.05) is 18.2 Å². The van der Waals surface area contributed by atoms with Gasteiger partial charge in [-0.3, -0.25) is 0 Å². The first-order chi connectivity index (χ1) is 15.2. The third-order valence-electron chi connectivity index (χ3n) is 4.96. The Morgan fingerprint density at radius 3 is 2.31 bits per heavy atom. The van der Waals surface area contributed by atoms with Crippen LogP contribution in [0.2, 0.25) is 0 Å². The van der Waals surface area contributed by atoms with Crippen molar-refractivity contribution in [1.29, 1.82) is 5.26 Å². The van der Waals surface area contributed by atoms with Gasteiger partial charge in [-0.15, -0.1) is 0 Å². The third kappa shape index (κ3) is 6.48. The maximum absolute atomic E-state index is 13.4. The lowest BCUT2D eigenvalue weighted by molar-refractivity contribution is -0.134. The number of carboxylic acids is 2. The maximum Gasteiger partial charge on any atom is 0.328 e. The second-order valence-corrected chi connectivity index (χ2v) is 7.52. The summed E-state index contributed by atoms with van der Waals surface area (Å²) in [7, 11) is 4.10. The number of fused-ring (bicyclic) bond motifs is 1. The second-order valence-electron chi connectivity index (χ2n) is 7.52. The van der Waals surface area contributed by atoms with Crippen LogP contribution < -0.4 is 0 Å². The number of ether oxygens (including phenoxy) is 1. The normalized spacial score (nSPS) is 16.8. The van der Waals surface area contributed by atoms with Crippen LogP contribution in [0.15, 0.2) is 54.6 Å². The molecule has 3 rings (SSSR count). The molecule has 0 unspecified atom stereocenters. The fraction of sp³-hybridized carbons (Fsp3) is 0.292. The van der Waals surface area contributed by atoms with Crippen molar-refractivity contribution < 1.29 is 28.9 Å². The van der Waals surface area contributed by atoms with Crippen molar-refractivity contribution in [2.24, 2.45) is 0 Å². The van der Waals surface area contributed by atoms with Gasteiger partial charge in [0.05, 0.1) is 18.2 Å². The number of aliphatic carboxylic acids is 2. The van der Waals surface area contributed by atoms with Gasteiger partial charge in [0.2, 0.25) is 0 Å². The topological polar surface area (TPSA) is 111 Å². The van der Waals surface area contributed by atoms with Gasteiger partial charge in [-0.25, -0.2) is 14.0 Å². The van der Waals surface area contributed by atoms with E-state index in [0.29, 0.717) is 24.3 Å². The monoisotopic (exact) mass is 440 g/mol. The number of halogens is 1. The van der Waals surface area contributed by atoms with Crippen LogP contribution in [0.1, 0.15) is 35.1 Å². The highest BCUT2D eigenvalue weighted by Crippen LogP contribution is 2.45. The highest BCUT2D eigenvalue weighted by molar-refractivity contribution is 5.89. The van der Waals surface area contributed by atoms with Gasteiger partial charge in [0.1, 0.15) is 11.4 Å². The fourth-order valence-electron chi connectivity index (χ4n) is 3.55. The number of carbonyl (C=O) groups is 2. The van der Waals surface area contributed by atoms with E-state index in [1.807, 2.05) is 32.3 Å². The fourth-order valence-corrected chi connectivity index (χ4v) is 3.55. The van der Waals surface area contributed by atoms with Gasteiger partial charge in [0, 0.05) is 12.2 Å². The zero-order valence-corrected chi connectivity index (χ0v) is 17.9. The van der Waals surface area contributed by atoms with Crippen molar-refractivity contribution >= 4 is 11.9 Å². The van der Waals surface area contributed by atoms with E-state index < -0.39 is 17.5 Å². The number of hydrogen-bond donors (Lipinski definition) is 2. The summed E-state index contributed by atoms with van der Waals surface area (Å²) in [6.07, 6.45) is 2.89. The molecule has 0 spiro atoms. The molecular weight excluding hydrogens is 415 g/mol. The minimum atomic E-state index is -1.26. The molecule has 1 aliphatic heterocycles. The van der Waals surface area contributed by atoms with Crippen molar-refractivity contribution in [3.05, 3.63) is 82.7 Å². The zero-order chi connectivity index (χ0) is 23.7. The summed E-state index contributed by atoms with van der Waals surface area (Å²) in [6.45, 7) is 1.43. The van der Waals surface area contributed by atoms with Crippen LogP contribution in [0.25, 0.3) is 0 Å². The van der Waals surface area contributed by atoms with Crippen LogP contribution in [0.4, 0.5) is 4.39 Å². The summed E-state index contributed by atoms with van der Waals surface area (Å²) in [5.41, 5.74) is 3.18. The lowest BCUT2D eigenvalue weighted by Crippen LogP contribution is -2.28. The molecule has 0 aromatic heterocycles. The van der Waals surface area contributed by atoms with Gasteiger partial charge in [-0.05, 0) is 74.4 Å². The third-order valence-corrected chi connectivity index (χ3v) is 4.96. The zero-order valence-electron chi connectivity index (χ0n) is 17.9. The highest BCUT2D eigenvalue weighted by atomic mass is 19.1. The molecule has 7 nitrogen and oxygen atoms in total. The number of carboxylic acid groups (broad SMARTS) is 2. The van der Waals surface area contributed by atoms with E-state index in [2.05, 4.69) is 11.0 Å². The van der Waals surface area contributed by atoms with Crippen LogP contribution in [-0.2, 0) is 26.5 Å². The highest BCUT2D eigenvalue weighted by Gasteiger charge is 2.41. The quantitative estimate of drug-likeness (QED) is 0.634. The molecule has 0 bridgehead atoms. The number of rotatable bonds is 7. The molecule has 8 heteroatoms. The molecule has 2 aromatic carbocycles. The number of nitriles is 1. The first kappa shape index (κ1) is 24.7. The van der Waals surface area contributed by atoms with Crippen LogP contribution in [0.3, 0.4) is 0 Å². The van der Waals surface area contributed by atoms with Crippen molar-refractivity contribution in [3.63, 3.8) is 0 Å². The predicted octanol–water partition coefficient (Wildman–Crippen LogP) is 3.52. The molecule has 0 amide bonds. The molecule has 32 heavy (non-hydrogen) atoms. The molecule has 1 heterocycles. The Balaban J connectivity index is 0.000000390. The average Bonchev–Trinajstić information content (AvgIpc) is 3.11. The Morgan fingerprint density at radius 2 is 1.78 bits per heavy atom. The Labute approximate surface area is 186 Å². The lowest BCUT2D eigenvalue weighted by Gasteiger charge is -2.31. The lowest BCUT2D eigenvalue weighted by atomic mass is 9.81. The van der Waals surface area contributed by atoms with E-state index in [4.69, 9.17) is 20.2 Å². The van der Waals surface area contributed by atoms with Gasteiger partial charge in [0.25, 0.3) is 0 Å². The van der Waals surface area contributed by atoms with E-state index in [1.165, 1.54) is 12.1 Å². The molecule has 0 saturated heterocycles. The minimum absolute atomic E-state index is 0.250. The summed E-state index contributed by atoms with van der Waals surface area (Å²) >= 11 is 0. The Kier molecular flexibility index (Phi) is 8.64. The van der Waals surface area contributed by atoms with Crippen molar-refractivity contribution in [3.8, 4) is 6.07 Å². The van der Waals surface area contributed by atoms with Crippen LogP contribution >= 0.6 is 0 Å². The van der Waals surface area contributed by atoms with E-state index in [0.717, 1.165) is 36.1 Å². The summed E-state index contributed by atoms with van der Waals surface area (Å²) in [4.78, 5) is 21.3. The average molecular weight is 440 g/mol. The SMILES string of the molecule is CN(C)CCC[C@@]1(c2ccc(F)cc2)OCc2cc(C#N)ccc21.O=C(O)/C=C\C(=O)O. The molecule has 0 aliphatic carbocycles. The number of benzene rings is 2. The van der Waals surface area contributed by atoms with E-state index >= 15 is 0 Å². The first-order valence-corrected chi connectivity index (χ1v) is 9.90. The molecule has 1 aliphatic rings. The predicted molar refractivity (Wildman–Crippen MR) is 115 cm³/mol. The van der Waals surface area contributed by atoms with E-state index in [-0.39, 0.29) is 5.82 Å². The van der Waals surface area contributed by atoms with Crippen molar-refractivity contribution in [2.75, 3.05) is 20.6 Å². The summed E-state index contributed by atoms with van der Waals surface area (Å²) < 4.78 is 19.6. The molecule has 2 aromatic rings. The molecule has 0 fully saturated rings. The van der Waals surface area contributed by atoms with Crippen LogP contribution in [0.5, 0.6) is 0 Å². The molecule has 1 atom stereocenters. The number of hydrogen-bond acceptors (Lipinski definition) is 5. The summed E-state index contributed by atoms with van der Waals surface area (Å²) in [6, 6.07) is 14.5. The van der Waals surface area contributed by atoms with E-state index in [1.54, 1.807) is 12.1 Å². The van der Waals surface area contributed by atoms with Gasteiger partial charge in [-0.2, -0.15) is 5.26 Å². The second kappa shape index (κ2) is 11.2. The van der Waals surface area contributed by atoms with Crippen LogP contribution in [0, 0.1) is 17.1 Å². The largest absolute Gasteiger partial charge is 0.478 e. The van der Waals surface area contributed by atoms with Gasteiger partial charge >= 0.3 is 11.9 Å². The Bertz CT molecular complexity index is 1010. The smallest absolute Gasteiger partial charge is 0.328 e. The summed E-state index contributed by atoms with van der Waals surface area (Å²) in [5.74, 6) is -2.76. The summed E-state index contributed by atoms with van der Waals surface area (Å²) in [5, 5.41) is 24.7. The van der Waals surface area contributed by atoms with Gasteiger partial charge < -0.3 is 19.8 Å². The molecule has 168 valence electrons. The number of nitrogens with zero attached hydrogens (tertiary/aromatic N) is 2. The Hall–Kier alpha value is -3.54. The van der Waals surface area contributed by atoms with Crippen molar-refractivity contribution in [2.45, 2.75) is 25.0 Å². The maximum atomic E-state index is 13.4. The standard InChI is InChI=1S/C20H21FN2O.C4H4O4/c1-23(2)11-3-10-20(17-5-7-18(21)8-6-17)19-9-4-15(13-22)12-16(19)14-24-20;5-3(6)1-2-4(7)8/h4-9,12H,3,10-11,14H2,1-2H3;1-2H,(H,5,6)(H,7,8)/b;2-1-/t20-;/m0./s1. The molecule has 0 radical (unpaired) electrons. The minimum Gasteiger partial charge on any atom is -0.478 e. The van der Waals surface area contributed by atoms with Crippen molar-refractivity contribution in [1.82, 2.24) is 4.90 Å². The molecular formula is C24H25FN2O5. The molecule has 2 N–H and O–H groups in total. The van der Waals surface area contributed by atoms with Crippen LogP contribution in [-0.4, -0.2) is 47.7 Å². The van der Waals surface area contributed by atoms with Gasteiger partial charge in [0.15, 0.2) is 0 Å². The van der Waals surface area contributed by atoms with E-state index in [9.17, 15) is 14.0 Å². The Morgan fingerprint density at radius 1 is 1.16 bits per heavy atom.